The molecule has 0 aliphatic carbocycles. The zero-order chi connectivity index (χ0) is 20.5. The van der Waals surface area contributed by atoms with Crippen molar-refractivity contribution in [3.05, 3.63) is 77.4 Å². The molecule has 0 aliphatic rings. The van der Waals surface area contributed by atoms with E-state index in [1.54, 1.807) is 24.4 Å². The third-order valence-corrected chi connectivity index (χ3v) is 5.28. The standard InChI is InChI=1S/C22H28N6S/c1-4-24-22(26-13-20-9-8-17(2)10-21(20)29-3)25-12-18-6-5-7-19(11-18)14-28-16-23-15-27-28/h5-11,15-16H,4,12-14H2,1-3H3,(H2,24,25,26). The number of benzene rings is 2. The molecular formula is C22H28N6S. The third-order valence-electron chi connectivity index (χ3n) is 4.46. The molecule has 7 heteroatoms. The summed E-state index contributed by atoms with van der Waals surface area (Å²) in [6.45, 7) is 7.09. The number of hydrogen-bond donors (Lipinski definition) is 2. The van der Waals surface area contributed by atoms with Crippen molar-refractivity contribution in [1.29, 1.82) is 0 Å². The molecule has 0 saturated carbocycles. The van der Waals surface area contributed by atoms with Gasteiger partial charge in [0.05, 0.1) is 13.1 Å². The molecular weight excluding hydrogens is 380 g/mol. The van der Waals surface area contributed by atoms with Crippen LogP contribution in [-0.4, -0.2) is 33.5 Å². The SMILES string of the molecule is CCNC(=NCc1cccc(Cn2cncn2)c1)NCc1ccc(C)cc1SC. The topological polar surface area (TPSA) is 67.1 Å². The van der Waals surface area contributed by atoms with Gasteiger partial charge in [0.15, 0.2) is 5.96 Å². The van der Waals surface area contributed by atoms with Gasteiger partial charge in [-0.05, 0) is 48.4 Å². The van der Waals surface area contributed by atoms with E-state index in [4.69, 9.17) is 4.99 Å². The van der Waals surface area contributed by atoms with E-state index >= 15 is 0 Å². The molecule has 0 spiro atoms. The quantitative estimate of drug-likeness (QED) is 0.339. The predicted octanol–water partition coefficient (Wildman–Crippen LogP) is 3.61. The van der Waals surface area contributed by atoms with E-state index in [2.05, 4.69) is 83.3 Å². The summed E-state index contributed by atoms with van der Waals surface area (Å²) in [6, 6.07) is 15.0. The first-order valence-corrected chi connectivity index (χ1v) is 11.0. The smallest absolute Gasteiger partial charge is 0.191 e. The van der Waals surface area contributed by atoms with Gasteiger partial charge in [-0.15, -0.1) is 11.8 Å². The Bertz CT molecular complexity index is 936. The maximum atomic E-state index is 4.76. The Labute approximate surface area is 176 Å². The monoisotopic (exact) mass is 408 g/mol. The summed E-state index contributed by atoms with van der Waals surface area (Å²) in [5.41, 5.74) is 4.92. The van der Waals surface area contributed by atoms with Crippen molar-refractivity contribution in [3.63, 3.8) is 0 Å². The first-order chi connectivity index (χ1) is 14.2. The Morgan fingerprint density at radius 1 is 1.14 bits per heavy atom. The number of nitrogens with one attached hydrogen (secondary N) is 2. The fourth-order valence-electron chi connectivity index (χ4n) is 3.02. The summed E-state index contributed by atoms with van der Waals surface area (Å²) in [5.74, 6) is 0.821. The number of aromatic nitrogens is 3. The van der Waals surface area contributed by atoms with Crippen LogP contribution in [0.25, 0.3) is 0 Å². The zero-order valence-electron chi connectivity index (χ0n) is 17.2. The van der Waals surface area contributed by atoms with E-state index in [0.29, 0.717) is 13.1 Å². The molecule has 3 aromatic rings. The molecule has 0 fully saturated rings. The van der Waals surface area contributed by atoms with Gasteiger partial charge in [0, 0.05) is 18.0 Å². The van der Waals surface area contributed by atoms with E-state index in [9.17, 15) is 0 Å². The van der Waals surface area contributed by atoms with E-state index in [0.717, 1.165) is 19.0 Å². The Balaban J connectivity index is 1.65. The Kier molecular flexibility index (Phi) is 7.69. The van der Waals surface area contributed by atoms with Crippen LogP contribution in [-0.2, 0) is 19.6 Å². The van der Waals surface area contributed by atoms with Gasteiger partial charge in [-0.1, -0.05) is 36.4 Å². The number of aliphatic imine (C=N–C) groups is 1. The highest BCUT2D eigenvalue weighted by molar-refractivity contribution is 7.98. The van der Waals surface area contributed by atoms with Crippen LogP contribution in [0, 0.1) is 6.92 Å². The van der Waals surface area contributed by atoms with Crippen LogP contribution in [0.1, 0.15) is 29.2 Å². The lowest BCUT2D eigenvalue weighted by Crippen LogP contribution is -2.36. The summed E-state index contributed by atoms with van der Waals surface area (Å²) in [5, 5.41) is 11.0. The van der Waals surface area contributed by atoms with E-state index in [-0.39, 0.29) is 0 Å². The second-order valence-electron chi connectivity index (χ2n) is 6.78. The van der Waals surface area contributed by atoms with Crippen LogP contribution < -0.4 is 10.6 Å². The number of nitrogens with zero attached hydrogens (tertiary/aromatic N) is 4. The molecule has 0 unspecified atom stereocenters. The molecule has 3 rings (SSSR count). The Morgan fingerprint density at radius 2 is 2.00 bits per heavy atom. The minimum Gasteiger partial charge on any atom is -0.357 e. The largest absolute Gasteiger partial charge is 0.357 e. The lowest BCUT2D eigenvalue weighted by Gasteiger charge is -2.14. The summed E-state index contributed by atoms with van der Waals surface area (Å²) in [6.07, 6.45) is 5.40. The normalized spacial score (nSPS) is 11.5. The number of aryl methyl sites for hydroxylation is 1. The molecule has 6 nitrogen and oxygen atoms in total. The van der Waals surface area contributed by atoms with Crippen LogP contribution in [0.2, 0.25) is 0 Å². The van der Waals surface area contributed by atoms with Gasteiger partial charge in [-0.25, -0.2) is 14.7 Å². The molecule has 0 aliphatic heterocycles. The second-order valence-corrected chi connectivity index (χ2v) is 7.63. The molecule has 29 heavy (non-hydrogen) atoms. The van der Waals surface area contributed by atoms with Gasteiger partial charge >= 0.3 is 0 Å². The highest BCUT2D eigenvalue weighted by atomic mass is 32.2. The molecule has 0 atom stereocenters. The summed E-state index contributed by atoms with van der Waals surface area (Å²) in [7, 11) is 0. The summed E-state index contributed by atoms with van der Waals surface area (Å²) >= 11 is 1.78. The van der Waals surface area contributed by atoms with Crippen LogP contribution in [0.4, 0.5) is 0 Å². The van der Waals surface area contributed by atoms with Crippen LogP contribution in [0.15, 0.2) is 65.0 Å². The number of guanidine groups is 1. The van der Waals surface area contributed by atoms with Crippen molar-refractivity contribution in [1.82, 2.24) is 25.4 Å². The number of hydrogen-bond acceptors (Lipinski definition) is 4. The second kappa shape index (κ2) is 10.7. The third kappa shape index (κ3) is 6.35. The predicted molar refractivity (Wildman–Crippen MR) is 120 cm³/mol. The van der Waals surface area contributed by atoms with Crippen molar-refractivity contribution in [2.45, 2.75) is 38.4 Å². The molecule has 0 bridgehead atoms. The van der Waals surface area contributed by atoms with Gasteiger partial charge in [-0.3, -0.25) is 0 Å². The van der Waals surface area contributed by atoms with E-state index in [1.165, 1.54) is 27.1 Å². The van der Waals surface area contributed by atoms with Crippen molar-refractivity contribution >= 4 is 17.7 Å². The van der Waals surface area contributed by atoms with Crippen molar-refractivity contribution in [2.75, 3.05) is 12.8 Å². The molecule has 152 valence electrons. The van der Waals surface area contributed by atoms with Crippen molar-refractivity contribution < 1.29 is 0 Å². The van der Waals surface area contributed by atoms with Gasteiger partial charge in [0.1, 0.15) is 12.7 Å². The lowest BCUT2D eigenvalue weighted by atomic mass is 10.1. The zero-order valence-corrected chi connectivity index (χ0v) is 18.0. The first-order valence-electron chi connectivity index (χ1n) is 9.74. The fourth-order valence-corrected chi connectivity index (χ4v) is 3.72. The Morgan fingerprint density at radius 3 is 2.76 bits per heavy atom. The van der Waals surface area contributed by atoms with Crippen molar-refractivity contribution in [3.8, 4) is 0 Å². The van der Waals surface area contributed by atoms with Crippen LogP contribution in [0.5, 0.6) is 0 Å². The summed E-state index contributed by atoms with van der Waals surface area (Å²) < 4.78 is 1.82. The van der Waals surface area contributed by atoms with E-state index < -0.39 is 0 Å². The van der Waals surface area contributed by atoms with Gasteiger partial charge < -0.3 is 10.6 Å². The van der Waals surface area contributed by atoms with Crippen LogP contribution in [0.3, 0.4) is 0 Å². The van der Waals surface area contributed by atoms with Gasteiger partial charge in [0.2, 0.25) is 0 Å². The number of rotatable bonds is 8. The molecule has 2 aromatic carbocycles. The average Bonchev–Trinajstić information content (AvgIpc) is 3.24. The summed E-state index contributed by atoms with van der Waals surface area (Å²) in [4.78, 5) is 10.1. The first kappa shape index (κ1) is 20.9. The lowest BCUT2D eigenvalue weighted by molar-refractivity contribution is 0.684. The maximum Gasteiger partial charge on any atom is 0.191 e. The molecule has 0 radical (unpaired) electrons. The fraction of sp³-hybridized carbons (Fsp3) is 0.318. The minimum absolute atomic E-state index is 0.615. The van der Waals surface area contributed by atoms with Crippen molar-refractivity contribution in [2.24, 2.45) is 4.99 Å². The molecule has 2 N–H and O–H groups in total. The van der Waals surface area contributed by atoms with Crippen LogP contribution >= 0.6 is 11.8 Å². The highest BCUT2D eigenvalue weighted by Crippen LogP contribution is 2.21. The number of thioether (sulfide) groups is 1. The molecule has 0 amide bonds. The molecule has 0 saturated heterocycles. The minimum atomic E-state index is 0.615. The highest BCUT2D eigenvalue weighted by Gasteiger charge is 2.04. The average molecular weight is 409 g/mol. The van der Waals surface area contributed by atoms with Gasteiger partial charge in [-0.2, -0.15) is 5.10 Å². The maximum absolute atomic E-state index is 4.76. The van der Waals surface area contributed by atoms with E-state index in [1.807, 2.05) is 4.68 Å². The molecule has 1 heterocycles. The molecule has 1 aromatic heterocycles. The Hall–Kier alpha value is -2.80. The van der Waals surface area contributed by atoms with Gasteiger partial charge in [0.25, 0.3) is 0 Å².